The van der Waals surface area contributed by atoms with Gasteiger partial charge in [0, 0.05) is 51.4 Å². The van der Waals surface area contributed by atoms with Crippen molar-refractivity contribution in [2.45, 2.75) is 30.9 Å². The number of halogens is 1. The molecular weight excluding hydrogens is 379 g/mol. The number of carbonyl (C=O) groups excluding carboxylic acids is 2. The fourth-order valence-corrected chi connectivity index (χ4v) is 5.14. The van der Waals surface area contributed by atoms with Crippen molar-refractivity contribution in [1.82, 2.24) is 20.0 Å². The molecule has 28 heavy (non-hydrogen) atoms. The maximum Gasteiger partial charge on any atom is 0.317 e. The molecule has 2 saturated heterocycles. The third kappa shape index (κ3) is 4.60. The molecule has 2 aliphatic rings. The van der Waals surface area contributed by atoms with E-state index in [9.17, 15) is 14.0 Å². The number of benzene rings is 1. The van der Waals surface area contributed by atoms with Crippen molar-refractivity contribution in [2.75, 3.05) is 45.8 Å². The summed E-state index contributed by atoms with van der Waals surface area (Å²) < 4.78 is 14.3. The van der Waals surface area contributed by atoms with Gasteiger partial charge < -0.3 is 15.1 Å². The predicted octanol–water partition coefficient (Wildman–Crippen LogP) is 2.53. The standard InChI is InChI=1S/C20H29FN4O2S/c1-3-17-18(26)25(19(28-17)15-7-5-6-8-16(15)21)14-11-23-9-12-24(13-10-23)20(27)22-4-2/h5-8,17,19H,3-4,9-14H2,1-2H3,(H,22,27)/t17-,19-/m1/s1. The minimum Gasteiger partial charge on any atom is -0.338 e. The Bertz CT molecular complexity index is 697. The second kappa shape index (κ2) is 9.60. The summed E-state index contributed by atoms with van der Waals surface area (Å²) >= 11 is 1.55. The van der Waals surface area contributed by atoms with Crippen LogP contribution >= 0.6 is 11.8 Å². The van der Waals surface area contributed by atoms with E-state index in [0.29, 0.717) is 31.7 Å². The lowest BCUT2D eigenvalue weighted by Gasteiger charge is -2.36. The molecule has 2 fully saturated rings. The molecule has 2 atom stereocenters. The van der Waals surface area contributed by atoms with Gasteiger partial charge in [0.15, 0.2) is 0 Å². The molecule has 3 rings (SSSR count). The van der Waals surface area contributed by atoms with Gasteiger partial charge in [-0.3, -0.25) is 9.69 Å². The summed E-state index contributed by atoms with van der Waals surface area (Å²) in [5.74, 6) is -0.160. The molecule has 6 nitrogen and oxygen atoms in total. The number of nitrogens with one attached hydrogen (secondary N) is 1. The first-order valence-corrected chi connectivity index (χ1v) is 10.9. The van der Waals surface area contributed by atoms with Crippen molar-refractivity contribution in [3.05, 3.63) is 35.6 Å². The second-order valence-electron chi connectivity index (χ2n) is 7.10. The summed E-state index contributed by atoms with van der Waals surface area (Å²) in [5.41, 5.74) is 0.581. The number of thioether (sulfide) groups is 1. The summed E-state index contributed by atoms with van der Waals surface area (Å²) in [6.07, 6.45) is 0.746. The highest BCUT2D eigenvalue weighted by Crippen LogP contribution is 2.44. The third-order valence-electron chi connectivity index (χ3n) is 5.32. The van der Waals surface area contributed by atoms with Gasteiger partial charge >= 0.3 is 6.03 Å². The van der Waals surface area contributed by atoms with E-state index in [4.69, 9.17) is 0 Å². The highest BCUT2D eigenvalue weighted by atomic mass is 32.2. The number of hydrogen-bond acceptors (Lipinski definition) is 4. The van der Waals surface area contributed by atoms with E-state index in [-0.39, 0.29) is 28.4 Å². The predicted molar refractivity (Wildman–Crippen MR) is 110 cm³/mol. The van der Waals surface area contributed by atoms with Crippen LogP contribution in [0.2, 0.25) is 0 Å². The molecular formula is C20H29FN4O2S. The number of rotatable bonds is 6. The molecule has 0 aliphatic carbocycles. The number of piperazine rings is 1. The van der Waals surface area contributed by atoms with E-state index in [2.05, 4.69) is 10.2 Å². The lowest BCUT2D eigenvalue weighted by atomic mass is 10.2. The Morgan fingerprint density at radius 1 is 1.18 bits per heavy atom. The summed E-state index contributed by atoms with van der Waals surface area (Å²) in [4.78, 5) is 30.7. The molecule has 1 N–H and O–H groups in total. The molecule has 0 saturated carbocycles. The van der Waals surface area contributed by atoms with Gasteiger partial charge in [-0.1, -0.05) is 25.1 Å². The topological polar surface area (TPSA) is 55.9 Å². The SMILES string of the molecule is CCNC(=O)N1CCN(CCN2C(=O)[C@@H](CC)S[C@@H]2c2ccccc2F)CC1. The Hall–Kier alpha value is -1.80. The summed E-state index contributed by atoms with van der Waals surface area (Å²) in [6, 6.07) is 6.71. The maximum absolute atomic E-state index is 14.3. The van der Waals surface area contributed by atoms with Crippen LogP contribution in [0, 0.1) is 5.82 Å². The van der Waals surface area contributed by atoms with Crippen LogP contribution in [0.3, 0.4) is 0 Å². The minimum absolute atomic E-state index is 0.0151. The molecule has 0 aromatic heterocycles. The van der Waals surface area contributed by atoms with Crippen molar-refractivity contribution >= 4 is 23.7 Å². The first-order valence-electron chi connectivity index (χ1n) is 10.0. The number of urea groups is 1. The monoisotopic (exact) mass is 408 g/mol. The van der Waals surface area contributed by atoms with Crippen LogP contribution in [0.4, 0.5) is 9.18 Å². The van der Waals surface area contributed by atoms with Crippen molar-refractivity contribution < 1.29 is 14.0 Å². The molecule has 1 aromatic carbocycles. The lowest BCUT2D eigenvalue weighted by Crippen LogP contribution is -2.53. The largest absolute Gasteiger partial charge is 0.338 e. The van der Waals surface area contributed by atoms with Crippen molar-refractivity contribution in [3.8, 4) is 0 Å². The van der Waals surface area contributed by atoms with Crippen LogP contribution < -0.4 is 5.32 Å². The zero-order valence-electron chi connectivity index (χ0n) is 16.6. The van der Waals surface area contributed by atoms with Gasteiger partial charge in [-0.25, -0.2) is 9.18 Å². The molecule has 3 amide bonds. The molecule has 0 unspecified atom stereocenters. The van der Waals surface area contributed by atoms with Gasteiger partial charge in [0.1, 0.15) is 11.2 Å². The fraction of sp³-hybridized carbons (Fsp3) is 0.600. The normalized spacial score (nSPS) is 23.3. The van der Waals surface area contributed by atoms with E-state index in [1.165, 1.54) is 6.07 Å². The number of amides is 3. The Balaban J connectivity index is 1.60. The first-order chi connectivity index (χ1) is 13.5. The Kier molecular flexibility index (Phi) is 7.18. The number of nitrogens with zero attached hydrogens (tertiary/aromatic N) is 3. The Morgan fingerprint density at radius 3 is 2.54 bits per heavy atom. The molecule has 0 bridgehead atoms. The molecule has 2 aliphatic heterocycles. The minimum atomic E-state index is -0.268. The molecule has 0 spiro atoms. The molecule has 1 aromatic rings. The van der Waals surface area contributed by atoms with Crippen LogP contribution in [0.1, 0.15) is 31.2 Å². The van der Waals surface area contributed by atoms with E-state index < -0.39 is 0 Å². The zero-order valence-corrected chi connectivity index (χ0v) is 17.4. The van der Waals surface area contributed by atoms with E-state index in [1.54, 1.807) is 23.9 Å². The quantitative estimate of drug-likeness (QED) is 0.786. The van der Waals surface area contributed by atoms with Crippen LogP contribution in [-0.2, 0) is 4.79 Å². The first kappa shape index (κ1) is 20.9. The van der Waals surface area contributed by atoms with Gasteiger partial charge in [-0.15, -0.1) is 11.8 Å². The summed E-state index contributed by atoms with van der Waals surface area (Å²) in [6.45, 7) is 8.78. The molecule has 154 valence electrons. The van der Waals surface area contributed by atoms with Crippen LogP contribution in [0.15, 0.2) is 24.3 Å². The van der Waals surface area contributed by atoms with E-state index >= 15 is 0 Å². The average molecular weight is 409 g/mol. The van der Waals surface area contributed by atoms with E-state index in [1.807, 2.05) is 29.7 Å². The smallest absolute Gasteiger partial charge is 0.317 e. The number of hydrogen-bond donors (Lipinski definition) is 1. The highest BCUT2D eigenvalue weighted by molar-refractivity contribution is 8.01. The second-order valence-corrected chi connectivity index (χ2v) is 8.39. The average Bonchev–Trinajstić information content (AvgIpc) is 3.02. The maximum atomic E-state index is 14.3. The van der Waals surface area contributed by atoms with E-state index in [0.717, 1.165) is 26.1 Å². The van der Waals surface area contributed by atoms with Gasteiger partial charge in [0.25, 0.3) is 0 Å². The van der Waals surface area contributed by atoms with Gasteiger partial charge in [0.05, 0.1) is 5.25 Å². The summed E-state index contributed by atoms with van der Waals surface area (Å²) in [7, 11) is 0. The van der Waals surface area contributed by atoms with Crippen molar-refractivity contribution in [2.24, 2.45) is 0 Å². The number of carbonyl (C=O) groups is 2. The van der Waals surface area contributed by atoms with Crippen molar-refractivity contribution in [1.29, 1.82) is 0 Å². The highest BCUT2D eigenvalue weighted by Gasteiger charge is 2.40. The van der Waals surface area contributed by atoms with Gasteiger partial charge in [-0.2, -0.15) is 0 Å². The zero-order chi connectivity index (χ0) is 20.1. The van der Waals surface area contributed by atoms with Crippen molar-refractivity contribution in [3.63, 3.8) is 0 Å². The van der Waals surface area contributed by atoms with Gasteiger partial charge in [0.2, 0.25) is 5.91 Å². The van der Waals surface area contributed by atoms with Gasteiger partial charge in [-0.05, 0) is 19.4 Å². The molecule has 2 heterocycles. The lowest BCUT2D eigenvalue weighted by molar-refractivity contribution is -0.130. The third-order valence-corrected chi connectivity index (χ3v) is 6.95. The summed E-state index contributed by atoms with van der Waals surface area (Å²) in [5, 5.41) is 2.45. The Labute approximate surface area is 170 Å². The molecule has 8 heteroatoms. The Morgan fingerprint density at radius 2 is 1.89 bits per heavy atom. The van der Waals surface area contributed by atoms with Crippen LogP contribution in [0.5, 0.6) is 0 Å². The molecule has 0 radical (unpaired) electrons. The fourth-order valence-electron chi connectivity index (χ4n) is 3.69. The van der Waals surface area contributed by atoms with Crippen LogP contribution in [0.25, 0.3) is 0 Å². The van der Waals surface area contributed by atoms with Crippen LogP contribution in [-0.4, -0.2) is 77.7 Å².